The number of fused-ring (bicyclic) bond motifs is 5. The fourth-order valence-corrected chi connectivity index (χ4v) is 13.9. The Morgan fingerprint density at radius 2 is 0.549 bits per heavy atom. The van der Waals surface area contributed by atoms with Crippen molar-refractivity contribution in [2.24, 2.45) is 28.7 Å². The van der Waals surface area contributed by atoms with E-state index in [9.17, 15) is 24.3 Å². The van der Waals surface area contributed by atoms with E-state index in [4.69, 9.17) is 44.9 Å². The summed E-state index contributed by atoms with van der Waals surface area (Å²) in [5.74, 6) is -8.94. The molecule has 10 rings (SSSR count). The summed E-state index contributed by atoms with van der Waals surface area (Å²) in [4.78, 5) is 150. The van der Waals surface area contributed by atoms with Crippen LogP contribution in [0.3, 0.4) is 0 Å². The number of rotatable bonds is 43. The third-order valence-electron chi connectivity index (χ3n) is 19.8. The second kappa shape index (κ2) is 39.9. The molecular formula is C79H100N24O10. The smallest absolute Gasteiger partial charge is 0.326 e. The van der Waals surface area contributed by atoms with Crippen molar-refractivity contribution >= 4 is 126 Å². The number of nitrogens with one attached hydrogen (secondary N) is 19. The first kappa shape index (κ1) is 82.3. The molecule has 34 heteroatoms. The van der Waals surface area contributed by atoms with Crippen LogP contribution in [-0.2, 0) is 75.3 Å². The number of nitrogens with two attached hydrogens (primary N) is 5. The molecule has 0 aliphatic heterocycles. The number of para-hydroxylation sites is 5. The van der Waals surface area contributed by atoms with Gasteiger partial charge in [-0.15, -0.1) is 0 Å². The van der Waals surface area contributed by atoms with Crippen molar-refractivity contribution in [3.63, 3.8) is 0 Å². The van der Waals surface area contributed by atoms with Crippen molar-refractivity contribution < 1.29 is 48.3 Å². The first-order chi connectivity index (χ1) is 54.5. The Labute approximate surface area is 649 Å². The Balaban J connectivity index is 0.938. The standard InChI is InChI=1S/C79H100N24O10/c80-30-12-11-27-60(96-69(105)61(28-14-32-89-78(84)85)97-70(106)62(29-15-33-90-79(86)87)98-72(108)63(34-44-39-91-55-22-6-1-16-49(44)55)99-68(104)54(81)21-13-31-88-77(82)83)71(107)100-64(35-45-40-92-56-23-7-2-17-50(45)56)73(109)101-65(36-46-41-93-57-24-8-3-18-51(46)57)74(110)102-66(37-47-42-94-58-25-9-4-19-52(47)58)75(111)103-67(76(112)113)38-48-43-95-59-26-10-5-20-53(48)59/h1-10,16-20,22-26,39-43,54,60-67,91-95H,11-15,21,27-38,80-81H2,(H,96,105)(H,97,106)(H,98,108)(H,99,104)(H,100,107)(H,101,109)(H,102,110)(H,103,111)(H,112,113)(H4,82,83,88)(H4,84,85,89)(H4,86,87,90)/t54-,60-,61-,62-,63-,64-,65-,66-,67-/m0/s1. The van der Waals surface area contributed by atoms with Crippen molar-refractivity contribution in [1.82, 2.24) is 83.4 Å². The van der Waals surface area contributed by atoms with Gasteiger partial charge in [-0.2, -0.15) is 0 Å². The summed E-state index contributed by atoms with van der Waals surface area (Å²) in [5.41, 5.74) is 35.8. The minimum absolute atomic E-state index is 0.0520. The van der Waals surface area contributed by atoms with E-state index in [0.29, 0.717) is 62.5 Å². The SMILES string of the molecule is N=C(N)NCCC[C@H](NC(=O)[C@H](CCCNC(=N)N)NC(=O)[C@H](Cc1c[nH]c2ccccc12)NC(=O)[C@@H](N)CCCNC(=N)N)C(=O)N[C@@H](CCCCN)C(=O)N[C@@H](Cc1c[nH]c2ccccc12)C(=O)N[C@@H](Cc1c[nH]c2ccccc12)C(=O)N[C@@H](Cc1c[nH]c2ccccc12)C(=O)N[C@@H](Cc1c[nH]c2ccccc12)C(=O)O. The van der Waals surface area contributed by atoms with Crippen LogP contribution in [0.1, 0.15) is 85.6 Å². The van der Waals surface area contributed by atoms with Crippen molar-refractivity contribution in [1.29, 1.82) is 16.2 Å². The molecule has 5 aromatic carbocycles. The molecular weight excluding hydrogens is 1450 g/mol. The van der Waals surface area contributed by atoms with E-state index in [1.807, 2.05) is 115 Å². The van der Waals surface area contributed by atoms with Gasteiger partial charge in [-0.1, -0.05) is 91.0 Å². The summed E-state index contributed by atoms with van der Waals surface area (Å²) in [6.07, 6.45) is 8.83. The minimum atomic E-state index is -1.52. The molecule has 0 bridgehead atoms. The normalized spacial score (nSPS) is 13.8. The molecule has 30 N–H and O–H groups in total. The number of aromatic amines is 5. The number of carbonyl (C=O) groups is 9. The van der Waals surface area contributed by atoms with Gasteiger partial charge < -0.3 is 117 Å². The lowest BCUT2D eigenvalue weighted by Crippen LogP contribution is -2.61. The maximum Gasteiger partial charge on any atom is 0.326 e. The molecule has 34 nitrogen and oxygen atoms in total. The summed E-state index contributed by atoms with van der Waals surface area (Å²) in [6, 6.07) is 23.8. The molecule has 0 unspecified atom stereocenters. The number of aromatic nitrogens is 5. The molecule has 10 aromatic rings. The Hall–Kier alpha value is -13.2. The largest absolute Gasteiger partial charge is 0.480 e. The Kier molecular flexibility index (Phi) is 29.1. The van der Waals surface area contributed by atoms with Crippen LogP contribution in [0.2, 0.25) is 0 Å². The number of carbonyl (C=O) groups excluding carboxylic acids is 8. The lowest BCUT2D eigenvalue weighted by Gasteiger charge is -2.28. The maximum atomic E-state index is 15.7. The van der Waals surface area contributed by atoms with Crippen molar-refractivity contribution in [3.8, 4) is 0 Å². The fourth-order valence-electron chi connectivity index (χ4n) is 13.9. The topological polar surface area (TPSA) is 587 Å². The molecule has 0 fully saturated rings. The highest BCUT2D eigenvalue weighted by Gasteiger charge is 2.37. The number of amides is 8. The number of hydrogen-bond acceptors (Lipinski definition) is 14. The van der Waals surface area contributed by atoms with Gasteiger partial charge in [0.05, 0.1) is 6.04 Å². The lowest BCUT2D eigenvalue weighted by molar-refractivity contribution is -0.142. The van der Waals surface area contributed by atoms with Crippen LogP contribution in [0.25, 0.3) is 54.5 Å². The highest BCUT2D eigenvalue weighted by atomic mass is 16.4. The number of carboxylic acids is 1. The van der Waals surface area contributed by atoms with E-state index in [2.05, 4.69) is 83.4 Å². The quantitative estimate of drug-likeness (QED) is 0.0147. The van der Waals surface area contributed by atoms with Gasteiger partial charge in [0.15, 0.2) is 17.9 Å². The zero-order valence-electron chi connectivity index (χ0n) is 62.4. The van der Waals surface area contributed by atoms with E-state index in [1.54, 1.807) is 37.1 Å². The van der Waals surface area contributed by atoms with Crippen LogP contribution in [0.15, 0.2) is 152 Å². The number of carboxylic acid groups (broad SMARTS) is 1. The predicted octanol–water partition coefficient (Wildman–Crippen LogP) is 1.82. The molecule has 8 amide bonds. The van der Waals surface area contributed by atoms with Crippen molar-refractivity contribution in [2.45, 2.75) is 144 Å². The van der Waals surface area contributed by atoms with Gasteiger partial charge >= 0.3 is 5.97 Å². The number of guanidine groups is 3. The molecule has 0 saturated heterocycles. The molecule has 5 aromatic heterocycles. The molecule has 9 atom stereocenters. The average Bonchev–Trinajstić information content (AvgIpc) is 1.57. The molecule has 0 aliphatic carbocycles. The minimum Gasteiger partial charge on any atom is -0.480 e. The van der Waals surface area contributed by atoms with Gasteiger partial charge in [-0.05, 0) is 122 Å². The van der Waals surface area contributed by atoms with E-state index in [-0.39, 0.29) is 121 Å². The lowest BCUT2D eigenvalue weighted by atomic mass is 9.99. The van der Waals surface area contributed by atoms with Crippen LogP contribution in [0, 0.1) is 16.2 Å². The van der Waals surface area contributed by atoms with Crippen molar-refractivity contribution in [2.75, 3.05) is 26.2 Å². The first-order valence-corrected chi connectivity index (χ1v) is 37.6. The zero-order chi connectivity index (χ0) is 80.5. The number of unbranched alkanes of at least 4 members (excludes halogenated alkanes) is 1. The number of aliphatic carboxylic acids is 1. The van der Waals surface area contributed by atoms with Crippen LogP contribution in [-0.4, -0.2) is 182 Å². The summed E-state index contributed by atoms with van der Waals surface area (Å²) < 4.78 is 0. The molecule has 596 valence electrons. The van der Waals surface area contributed by atoms with E-state index >= 15 is 24.0 Å². The number of H-pyrrole nitrogens is 5. The summed E-state index contributed by atoms with van der Waals surface area (Å²) in [5, 5.41) is 68.1. The predicted molar refractivity (Wildman–Crippen MR) is 431 cm³/mol. The molecule has 113 heavy (non-hydrogen) atoms. The number of benzene rings is 5. The molecule has 0 aliphatic rings. The molecule has 5 heterocycles. The van der Waals surface area contributed by atoms with Crippen LogP contribution >= 0.6 is 0 Å². The third kappa shape index (κ3) is 22.9. The highest BCUT2D eigenvalue weighted by molar-refractivity contribution is 6.00. The third-order valence-corrected chi connectivity index (χ3v) is 19.8. The zero-order valence-corrected chi connectivity index (χ0v) is 62.4. The van der Waals surface area contributed by atoms with Gasteiger partial charge in [-0.3, -0.25) is 54.6 Å². The molecule has 0 radical (unpaired) electrons. The van der Waals surface area contributed by atoms with Gasteiger partial charge in [-0.25, -0.2) is 4.79 Å². The van der Waals surface area contributed by atoms with Gasteiger partial charge in [0.1, 0.15) is 48.3 Å². The molecule has 0 saturated carbocycles. The first-order valence-electron chi connectivity index (χ1n) is 37.6. The van der Waals surface area contributed by atoms with Crippen LogP contribution in [0.4, 0.5) is 0 Å². The molecule has 0 spiro atoms. The van der Waals surface area contributed by atoms with Gasteiger partial charge in [0.25, 0.3) is 0 Å². The summed E-state index contributed by atoms with van der Waals surface area (Å²) in [7, 11) is 0. The Morgan fingerprint density at radius 1 is 0.319 bits per heavy atom. The van der Waals surface area contributed by atoms with Gasteiger partial charge in [0.2, 0.25) is 47.3 Å². The summed E-state index contributed by atoms with van der Waals surface area (Å²) in [6.45, 7) is 0.572. The van der Waals surface area contributed by atoms with E-state index < -0.39 is 108 Å². The average molecular weight is 1550 g/mol. The monoisotopic (exact) mass is 1540 g/mol. The second-order valence-corrected chi connectivity index (χ2v) is 28.0. The summed E-state index contributed by atoms with van der Waals surface area (Å²) >= 11 is 0. The maximum absolute atomic E-state index is 15.7. The number of hydrogen-bond donors (Lipinski definition) is 25. The van der Waals surface area contributed by atoms with E-state index in [0.717, 1.165) is 32.7 Å². The fraction of sp³-hybridized carbons (Fsp3) is 0.342. The Bertz CT molecular complexity index is 5020. The Morgan fingerprint density at radius 3 is 0.823 bits per heavy atom. The highest BCUT2D eigenvalue weighted by Crippen LogP contribution is 2.26. The van der Waals surface area contributed by atoms with Crippen LogP contribution in [0.5, 0.6) is 0 Å². The van der Waals surface area contributed by atoms with Gasteiger partial charge in [0, 0.05) is 137 Å². The van der Waals surface area contributed by atoms with E-state index in [1.165, 1.54) is 0 Å². The van der Waals surface area contributed by atoms with Crippen molar-refractivity contribution in [3.05, 3.63) is 180 Å². The second-order valence-electron chi connectivity index (χ2n) is 28.0. The van der Waals surface area contributed by atoms with Crippen LogP contribution < -0.4 is 87.2 Å².